The summed E-state index contributed by atoms with van der Waals surface area (Å²) >= 11 is 8.75. The van der Waals surface area contributed by atoms with Crippen LogP contribution in [0.5, 0.6) is 5.75 Å². The maximum Gasteiger partial charge on any atom is 0.262 e. The minimum atomic E-state index is -3.78. The number of thiocarbonyl (C=S) groups is 1. The SMILES string of the molecule is COc1cc(S(=O)(=O)Nc2ccc(Br)cc2)ccc1NC(=S)Nc1cccc(C)c1C. The second-order valence-electron chi connectivity index (χ2n) is 6.80. The molecule has 31 heavy (non-hydrogen) atoms. The first-order valence-electron chi connectivity index (χ1n) is 9.30. The first-order chi connectivity index (χ1) is 14.7. The first kappa shape index (κ1) is 23.1. The highest BCUT2D eigenvalue weighted by Gasteiger charge is 2.17. The van der Waals surface area contributed by atoms with Gasteiger partial charge in [0.2, 0.25) is 0 Å². The van der Waals surface area contributed by atoms with Gasteiger partial charge in [-0.2, -0.15) is 0 Å². The van der Waals surface area contributed by atoms with Crippen molar-refractivity contribution in [3.05, 3.63) is 76.3 Å². The Balaban J connectivity index is 1.78. The van der Waals surface area contributed by atoms with Crippen LogP contribution in [0.15, 0.2) is 70.0 Å². The number of aryl methyl sites for hydroxylation is 1. The van der Waals surface area contributed by atoms with E-state index in [0.29, 0.717) is 22.2 Å². The van der Waals surface area contributed by atoms with E-state index in [1.54, 1.807) is 30.3 Å². The standard InChI is InChI=1S/C22H22BrN3O3S2/c1-14-5-4-6-19(15(14)2)24-22(30)25-20-12-11-18(13-21(20)29-3)31(27,28)26-17-9-7-16(23)8-10-17/h4-13,26H,1-3H3,(H2,24,25,30). The molecule has 0 aliphatic carbocycles. The molecule has 3 aromatic rings. The zero-order valence-corrected chi connectivity index (χ0v) is 20.4. The van der Waals surface area contributed by atoms with Gasteiger partial charge in [0.05, 0.1) is 17.7 Å². The quantitative estimate of drug-likeness (QED) is 0.363. The van der Waals surface area contributed by atoms with Crippen LogP contribution in [0.3, 0.4) is 0 Å². The van der Waals surface area contributed by atoms with Crippen molar-refractivity contribution in [1.82, 2.24) is 0 Å². The van der Waals surface area contributed by atoms with Gasteiger partial charge in [-0.1, -0.05) is 28.1 Å². The molecule has 0 atom stereocenters. The maximum atomic E-state index is 12.8. The molecule has 3 N–H and O–H groups in total. The van der Waals surface area contributed by atoms with E-state index in [2.05, 4.69) is 31.3 Å². The Morgan fingerprint density at radius 2 is 1.65 bits per heavy atom. The third kappa shape index (κ3) is 5.75. The largest absolute Gasteiger partial charge is 0.495 e. The summed E-state index contributed by atoms with van der Waals surface area (Å²) in [5.41, 5.74) is 4.16. The van der Waals surface area contributed by atoms with Crippen LogP contribution in [-0.2, 0) is 10.0 Å². The van der Waals surface area contributed by atoms with Crippen LogP contribution in [0.1, 0.15) is 11.1 Å². The molecule has 0 spiro atoms. The van der Waals surface area contributed by atoms with Crippen LogP contribution in [0.25, 0.3) is 0 Å². The summed E-state index contributed by atoms with van der Waals surface area (Å²) in [5.74, 6) is 0.351. The molecular formula is C22H22BrN3O3S2. The molecule has 0 fully saturated rings. The lowest BCUT2D eigenvalue weighted by molar-refractivity contribution is 0.415. The molecule has 6 nitrogen and oxygen atoms in total. The number of ether oxygens (including phenoxy) is 1. The molecule has 0 amide bonds. The highest BCUT2D eigenvalue weighted by atomic mass is 79.9. The topological polar surface area (TPSA) is 79.5 Å². The molecule has 0 radical (unpaired) electrons. The van der Waals surface area contributed by atoms with Crippen LogP contribution in [0.2, 0.25) is 0 Å². The molecule has 3 rings (SSSR count). The molecule has 0 heterocycles. The lowest BCUT2D eigenvalue weighted by Gasteiger charge is -2.16. The molecule has 3 aromatic carbocycles. The third-order valence-electron chi connectivity index (χ3n) is 4.68. The smallest absolute Gasteiger partial charge is 0.262 e. The molecule has 9 heteroatoms. The number of methoxy groups -OCH3 is 1. The summed E-state index contributed by atoms with van der Waals surface area (Å²) in [4.78, 5) is 0.0752. The van der Waals surface area contributed by atoms with E-state index < -0.39 is 10.0 Å². The van der Waals surface area contributed by atoms with Gasteiger partial charge in [0, 0.05) is 21.9 Å². The number of benzene rings is 3. The Kier molecular flexibility index (Phi) is 7.19. The number of hydrogen-bond donors (Lipinski definition) is 3. The lowest BCUT2D eigenvalue weighted by atomic mass is 10.1. The number of anilines is 3. The van der Waals surface area contributed by atoms with E-state index in [4.69, 9.17) is 17.0 Å². The lowest BCUT2D eigenvalue weighted by Crippen LogP contribution is -2.20. The molecule has 0 unspecified atom stereocenters. The van der Waals surface area contributed by atoms with Gasteiger partial charge < -0.3 is 15.4 Å². The number of nitrogens with one attached hydrogen (secondary N) is 3. The Labute approximate surface area is 196 Å². The van der Waals surface area contributed by atoms with E-state index in [0.717, 1.165) is 21.3 Å². The van der Waals surface area contributed by atoms with Gasteiger partial charge in [0.25, 0.3) is 10.0 Å². The van der Waals surface area contributed by atoms with Crippen LogP contribution in [-0.4, -0.2) is 20.6 Å². The van der Waals surface area contributed by atoms with Crippen molar-refractivity contribution >= 4 is 60.3 Å². The zero-order valence-electron chi connectivity index (χ0n) is 17.2. The van der Waals surface area contributed by atoms with Gasteiger partial charge in [-0.05, 0) is 79.7 Å². The molecule has 0 aliphatic heterocycles. The third-order valence-corrected chi connectivity index (χ3v) is 6.79. The Morgan fingerprint density at radius 3 is 2.32 bits per heavy atom. The molecular weight excluding hydrogens is 498 g/mol. The first-order valence-corrected chi connectivity index (χ1v) is 12.0. The van der Waals surface area contributed by atoms with Gasteiger partial charge in [-0.3, -0.25) is 4.72 Å². The summed E-state index contributed by atoms with van der Waals surface area (Å²) in [7, 11) is -2.31. The average molecular weight is 520 g/mol. The highest BCUT2D eigenvalue weighted by molar-refractivity contribution is 9.10. The minimum absolute atomic E-state index is 0.0752. The van der Waals surface area contributed by atoms with Crippen molar-refractivity contribution < 1.29 is 13.2 Å². The van der Waals surface area contributed by atoms with Gasteiger partial charge in [0.15, 0.2) is 5.11 Å². The van der Waals surface area contributed by atoms with Crippen molar-refractivity contribution in [2.75, 3.05) is 22.5 Å². The molecule has 0 aromatic heterocycles. The van der Waals surface area contributed by atoms with Crippen molar-refractivity contribution in [3.63, 3.8) is 0 Å². The fourth-order valence-corrected chi connectivity index (χ4v) is 4.39. The number of sulfonamides is 1. The maximum absolute atomic E-state index is 12.8. The number of hydrogen-bond acceptors (Lipinski definition) is 4. The highest BCUT2D eigenvalue weighted by Crippen LogP contribution is 2.29. The number of halogens is 1. The van der Waals surface area contributed by atoms with Gasteiger partial charge in [-0.25, -0.2) is 8.42 Å². The summed E-state index contributed by atoms with van der Waals surface area (Å²) in [6.45, 7) is 4.04. The Morgan fingerprint density at radius 1 is 0.968 bits per heavy atom. The fourth-order valence-electron chi connectivity index (χ4n) is 2.84. The molecule has 0 bridgehead atoms. The summed E-state index contributed by atoms with van der Waals surface area (Å²) < 4.78 is 34.3. The second kappa shape index (κ2) is 9.67. The van der Waals surface area contributed by atoms with Crippen molar-refractivity contribution in [3.8, 4) is 5.75 Å². The zero-order chi connectivity index (χ0) is 22.6. The van der Waals surface area contributed by atoms with E-state index >= 15 is 0 Å². The second-order valence-corrected chi connectivity index (χ2v) is 9.81. The fraction of sp³-hybridized carbons (Fsp3) is 0.136. The van der Waals surface area contributed by atoms with E-state index in [-0.39, 0.29) is 4.90 Å². The molecule has 0 saturated heterocycles. The predicted octanol–water partition coefficient (Wildman–Crippen LogP) is 5.68. The van der Waals surface area contributed by atoms with Crippen molar-refractivity contribution in [1.29, 1.82) is 0 Å². The molecule has 0 saturated carbocycles. The van der Waals surface area contributed by atoms with Crippen LogP contribution in [0, 0.1) is 13.8 Å². The average Bonchev–Trinajstić information content (AvgIpc) is 2.73. The van der Waals surface area contributed by atoms with Crippen LogP contribution >= 0.6 is 28.1 Å². The predicted molar refractivity (Wildman–Crippen MR) is 134 cm³/mol. The van der Waals surface area contributed by atoms with Gasteiger partial charge in [0.1, 0.15) is 5.75 Å². The van der Waals surface area contributed by atoms with Crippen LogP contribution in [0.4, 0.5) is 17.1 Å². The van der Waals surface area contributed by atoms with Crippen LogP contribution < -0.4 is 20.1 Å². The molecule has 0 aliphatic rings. The van der Waals surface area contributed by atoms with E-state index in [1.165, 1.54) is 19.2 Å². The van der Waals surface area contributed by atoms with Gasteiger partial charge >= 0.3 is 0 Å². The minimum Gasteiger partial charge on any atom is -0.495 e. The van der Waals surface area contributed by atoms with E-state index in [1.807, 2.05) is 32.0 Å². The normalized spacial score (nSPS) is 11.0. The summed E-state index contributed by atoms with van der Waals surface area (Å²) in [5, 5.41) is 6.60. The summed E-state index contributed by atoms with van der Waals surface area (Å²) in [6, 6.07) is 17.3. The van der Waals surface area contributed by atoms with E-state index in [9.17, 15) is 8.42 Å². The van der Waals surface area contributed by atoms with Crippen molar-refractivity contribution in [2.45, 2.75) is 18.7 Å². The number of rotatable bonds is 6. The van der Waals surface area contributed by atoms with Crippen molar-refractivity contribution in [2.24, 2.45) is 0 Å². The Hall–Kier alpha value is -2.62. The summed E-state index contributed by atoms with van der Waals surface area (Å²) in [6.07, 6.45) is 0. The monoisotopic (exact) mass is 519 g/mol. The van der Waals surface area contributed by atoms with Gasteiger partial charge in [-0.15, -0.1) is 0 Å². The molecule has 162 valence electrons. The Bertz CT molecular complexity index is 1210.